The molecule has 1 aromatic heterocycles. The summed E-state index contributed by atoms with van der Waals surface area (Å²) in [4.78, 5) is 19.1. The molecule has 0 aromatic carbocycles. The quantitative estimate of drug-likeness (QED) is 0.500. The normalized spacial score (nSPS) is 26.7. The molecule has 13 heteroatoms. The lowest BCUT2D eigenvalue weighted by Gasteiger charge is -2.35. The molecule has 1 saturated heterocycles. The largest absolute Gasteiger partial charge is 0.511 e. The first kappa shape index (κ1) is 25.8. The van der Waals surface area contributed by atoms with Crippen molar-refractivity contribution in [1.29, 1.82) is 0 Å². The highest BCUT2D eigenvalue weighted by atomic mass is 32.2. The molecule has 9 nitrogen and oxygen atoms in total. The number of carbonyl (C=O) groups excluding carboxylic acids is 1. The molecule has 186 valence electrons. The molecule has 2 aliphatic rings. The number of aromatic nitrogens is 2. The molecular formula is C20H29F3N4O5S. The summed E-state index contributed by atoms with van der Waals surface area (Å²) in [6, 6.07) is -1.43. The Balaban J connectivity index is 1.55. The minimum Gasteiger partial charge on any atom is -0.470 e. The number of alkyl halides is 3. The highest BCUT2D eigenvalue weighted by Gasteiger charge is 2.47. The number of nitrogens with one attached hydrogen (secondary N) is 2. The van der Waals surface area contributed by atoms with E-state index in [-0.39, 0.29) is 25.2 Å². The highest BCUT2D eigenvalue weighted by Crippen LogP contribution is 2.38. The molecule has 1 aliphatic heterocycles. The van der Waals surface area contributed by atoms with Crippen molar-refractivity contribution in [1.82, 2.24) is 20.0 Å². The Morgan fingerprint density at radius 3 is 2.61 bits per heavy atom. The second kappa shape index (κ2) is 11.1. The molecule has 33 heavy (non-hydrogen) atoms. The lowest BCUT2D eigenvalue weighted by atomic mass is 9.82. The molecule has 0 spiro atoms. The summed E-state index contributed by atoms with van der Waals surface area (Å²) in [5.74, 6) is 0.553. The number of sulfonamides is 1. The fourth-order valence-electron chi connectivity index (χ4n) is 4.45. The molecule has 0 radical (unpaired) electrons. The van der Waals surface area contributed by atoms with Crippen molar-refractivity contribution < 1.29 is 35.9 Å². The number of hydrogen-bond acceptors (Lipinski definition) is 8. The number of aryl methyl sites for hydroxylation is 1. The SMILES string of the molecule is Cc1ncnc(OCC=O)c1C1CCC(OC[C@@H]2NCCC[C@@H]2NS(=O)(=O)C(F)(F)F)CC1. The zero-order chi connectivity index (χ0) is 24.1. The lowest BCUT2D eigenvalue weighted by molar-refractivity contribution is -0.109. The molecule has 2 heterocycles. The van der Waals surface area contributed by atoms with Crippen LogP contribution in [-0.2, 0) is 19.6 Å². The Hall–Kier alpha value is -1.83. The minimum absolute atomic E-state index is 0.0877. The number of nitrogens with zero attached hydrogens (tertiary/aromatic N) is 2. The van der Waals surface area contributed by atoms with Crippen LogP contribution in [0.3, 0.4) is 0 Å². The number of ether oxygens (including phenoxy) is 2. The van der Waals surface area contributed by atoms with E-state index in [0.717, 1.165) is 36.9 Å². The van der Waals surface area contributed by atoms with Crippen LogP contribution in [0.15, 0.2) is 6.33 Å². The van der Waals surface area contributed by atoms with Crippen LogP contribution in [0, 0.1) is 6.92 Å². The Kier molecular flexibility index (Phi) is 8.65. The zero-order valence-electron chi connectivity index (χ0n) is 18.3. The van der Waals surface area contributed by atoms with E-state index in [9.17, 15) is 26.4 Å². The first-order valence-electron chi connectivity index (χ1n) is 10.9. The van der Waals surface area contributed by atoms with Gasteiger partial charge in [0.2, 0.25) is 5.88 Å². The number of halogens is 3. The fourth-order valence-corrected chi connectivity index (χ4v) is 5.27. The van der Waals surface area contributed by atoms with Gasteiger partial charge >= 0.3 is 15.5 Å². The van der Waals surface area contributed by atoms with Gasteiger partial charge in [-0.05, 0) is 57.9 Å². The van der Waals surface area contributed by atoms with Gasteiger partial charge < -0.3 is 14.8 Å². The van der Waals surface area contributed by atoms with Gasteiger partial charge in [-0.25, -0.2) is 23.1 Å². The summed E-state index contributed by atoms with van der Waals surface area (Å²) in [5.41, 5.74) is -3.67. The van der Waals surface area contributed by atoms with Crippen LogP contribution in [0.25, 0.3) is 0 Å². The average molecular weight is 495 g/mol. The average Bonchev–Trinajstić information content (AvgIpc) is 2.76. The van der Waals surface area contributed by atoms with Crippen LogP contribution in [0.4, 0.5) is 13.2 Å². The van der Waals surface area contributed by atoms with Gasteiger partial charge in [0.25, 0.3) is 0 Å². The van der Waals surface area contributed by atoms with Gasteiger partial charge in [-0.1, -0.05) is 0 Å². The summed E-state index contributed by atoms with van der Waals surface area (Å²) in [7, 11) is -5.42. The summed E-state index contributed by atoms with van der Waals surface area (Å²) < 4.78 is 74.5. The zero-order valence-corrected chi connectivity index (χ0v) is 19.1. The van der Waals surface area contributed by atoms with E-state index in [1.807, 2.05) is 6.92 Å². The van der Waals surface area contributed by atoms with Crippen molar-refractivity contribution in [2.24, 2.45) is 0 Å². The summed E-state index contributed by atoms with van der Waals surface area (Å²) in [5, 5.41) is 3.07. The first-order valence-corrected chi connectivity index (χ1v) is 12.4. The van der Waals surface area contributed by atoms with Crippen LogP contribution >= 0.6 is 0 Å². The predicted molar refractivity (Wildman–Crippen MR) is 112 cm³/mol. The van der Waals surface area contributed by atoms with Crippen LogP contribution in [0.2, 0.25) is 0 Å². The Morgan fingerprint density at radius 1 is 1.21 bits per heavy atom. The van der Waals surface area contributed by atoms with E-state index < -0.39 is 27.6 Å². The molecule has 2 N–H and O–H groups in total. The van der Waals surface area contributed by atoms with Crippen molar-refractivity contribution in [2.45, 2.75) is 75.1 Å². The van der Waals surface area contributed by atoms with E-state index in [1.54, 1.807) is 4.72 Å². The van der Waals surface area contributed by atoms with Gasteiger partial charge in [-0.3, -0.25) is 4.79 Å². The lowest BCUT2D eigenvalue weighted by Crippen LogP contribution is -2.57. The minimum atomic E-state index is -5.42. The van der Waals surface area contributed by atoms with Gasteiger partial charge in [0.05, 0.1) is 12.7 Å². The number of hydrogen-bond donors (Lipinski definition) is 2. The van der Waals surface area contributed by atoms with E-state index in [4.69, 9.17) is 9.47 Å². The Morgan fingerprint density at radius 2 is 1.94 bits per heavy atom. The highest BCUT2D eigenvalue weighted by molar-refractivity contribution is 7.90. The maximum atomic E-state index is 12.8. The third-order valence-corrected chi connectivity index (χ3v) is 7.35. The number of carbonyl (C=O) groups is 1. The van der Waals surface area contributed by atoms with Crippen molar-refractivity contribution >= 4 is 16.3 Å². The van der Waals surface area contributed by atoms with Crippen molar-refractivity contribution in [3.63, 3.8) is 0 Å². The third kappa shape index (κ3) is 6.61. The molecule has 0 amide bonds. The maximum Gasteiger partial charge on any atom is 0.511 e. The van der Waals surface area contributed by atoms with Crippen LogP contribution in [-0.4, -0.2) is 68.1 Å². The van der Waals surface area contributed by atoms with Gasteiger partial charge in [-0.15, -0.1) is 0 Å². The van der Waals surface area contributed by atoms with Gasteiger partial charge in [0.15, 0.2) is 6.29 Å². The van der Waals surface area contributed by atoms with E-state index in [0.29, 0.717) is 31.6 Å². The molecule has 0 unspecified atom stereocenters. The maximum absolute atomic E-state index is 12.8. The van der Waals surface area contributed by atoms with Crippen LogP contribution in [0.5, 0.6) is 5.88 Å². The van der Waals surface area contributed by atoms with Crippen molar-refractivity contribution in [3.8, 4) is 5.88 Å². The number of piperidine rings is 1. The van der Waals surface area contributed by atoms with Crippen molar-refractivity contribution in [3.05, 3.63) is 17.6 Å². The molecular weight excluding hydrogens is 465 g/mol. The first-order chi connectivity index (χ1) is 15.6. The fraction of sp³-hybridized carbons (Fsp3) is 0.750. The van der Waals surface area contributed by atoms with Crippen LogP contribution in [0.1, 0.15) is 55.7 Å². The molecule has 1 aromatic rings. The topological polar surface area (TPSA) is 120 Å². The van der Waals surface area contributed by atoms with E-state index in [2.05, 4.69) is 15.3 Å². The molecule has 1 aliphatic carbocycles. The summed E-state index contributed by atoms with van der Waals surface area (Å²) in [6.07, 6.45) is 5.84. The molecule has 2 atom stereocenters. The molecule has 2 fully saturated rings. The van der Waals surface area contributed by atoms with Crippen LogP contribution < -0.4 is 14.8 Å². The number of aldehydes is 1. The second-order valence-corrected chi connectivity index (χ2v) is 10.0. The Bertz CT molecular complexity index is 907. The van der Waals surface area contributed by atoms with Gasteiger partial charge in [-0.2, -0.15) is 13.2 Å². The standard InChI is InChI=1S/C20H29F3N4O5S/c1-13-18(19(26-12-25-13)31-10-9-28)14-4-6-15(7-5-14)32-11-17-16(3-2-8-24-17)27-33(29,30)20(21,22)23/h9,12,14-17,24,27H,2-8,10-11H2,1H3/t14?,15?,16-,17-/m0/s1. The number of rotatable bonds is 9. The molecule has 3 rings (SSSR count). The van der Waals surface area contributed by atoms with Gasteiger partial charge in [0.1, 0.15) is 12.9 Å². The molecule has 0 bridgehead atoms. The third-order valence-electron chi connectivity index (χ3n) is 6.12. The Labute approximate surface area is 190 Å². The summed E-state index contributed by atoms with van der Waals surface area (Å²) in [6.45, 7) is 2.48. The van der Waals surface area contributed by atoms with E-state index >= 15 is 0 Å². The monoisotopic (exact) mass is 494 g/mol. The second-order valence-electron chi connectivity index (χ2n) is 8.34. The molecule has 1 saturated carbocycles. The summed E-state index contributed by atoms with van der Waals surface area (Å²) >= 11 is 0. The van der Waals surface area contributed by atoms with E-state index in [1.165, 1.54) is 6.33 Å². The predicted octanol–water partition coefficient (Wildman–Crippen LogP) is 1.97. The van der Waals surface area contributed by atoms with Gasteiger partial charge in [0, 0.05) is 23.3 Å². The smallest absolute Gasteiger partial charge is 0.470 e. The van der Waals surface area contributed by atoms with Crippen molar-refractivity contribution in [2.75, 3.05) is 19.8 Å².